The second-order valence-electron chi connectivity index (χ2n) is 3.29. The van der Waals surface area contributed by atoms with Crippen molar-refractivity contribution in [3.63, 3.8) is 0 Å². The molecule has 1 aliphatic carbocycles. The first-order valence-electron chi connectivity index (χ1n) is 3.56. The van der Waals surface area contributed by atoms with E-state index in [2.05, 4.69) is 0 Å². The lowest BCUT2D eigenvalue weighted by Gasteiger charge is -2.22. The molecule has 0 bridgehead atoms. The zero-order valence-electron chi connectivity index (χ0n) is 6.54. The maximum absolute atomic E-state index is 10.5. The Morgan fingerprint density at radius 3 is 2.45 bits per heavy atom. The number of aliphatic carboxylic acids is 1. The number of carbonyl (C=O) groups is 1. The van der Waals surface area contributed by atoms with Gasteiger partial charge in [-0.15, -0.1) is 12.4 Å². The highest BCUT2D eigenvalue weighted by atomic mass is 35.5. The van der Waals surface area contributed by atoms with E-state index in [9.17, 15) is 4.79 Å². The Kier molecular flexibility index (Phi) is 3.32. The summed E-state index contributed by atoms with van der Waals surface area (Å²) in [7, 11) is 0. The van der Waals surface area contributed by atoms with Crippen LogP contribution in [0, 0.1) is 5.92 Å². The van der Waals surface area contributed by atoms with Gasteiger partial charge in [-0.05, 0) is 19.8 Å². The number of carboxylic acid groups (broad SMARTS) is 1. The zero-order chi connectivity index (χ0) is 7.78. The van der Waals surface area contributed by atoms with Crippen molar-refractivity contribution in [1.82, 2.24) is 0 Å². The van der Waals surface area contributed by atoms with Gasteiger partial charge in [-0.3, -0.25) is 4.79 Å². The van der Waals surface area contributed by atoms with E-state index in [0.717, 1.165) is 19.3 Å². The molecule has 3 N–H and O–H groups in total. The van der Waals surface area contributed by atoms with Gasteiger partial charge in [0.25, 0.3) is 0 Å². The van der Waals surface area contributed by atoms with E-state index < -0.39 is 11.5 Å². The predicted octanol–water partition coefficient (Wildman–Crippen LogP) is 1.01. The monoisotopic (exact) mass is 179 g/mol. The Labute approximate surface area is 72.4 Å². The lowest BCUT2D eigenvalue weighted by molar-refractivity contribution is -0.143. The third kappa shape index (κ3) is 2.07. The quantitative estimate of drug-likeness (QED) is 0.632. The molecule has 4 heteroatoms. The van der Waals surface area contributed by atoms with Crippen molar-refractivity contribution >= 4 is 18.4 Å². The fourth-order valence-corrected chi connectivity index (χ4v) is 1.60. The summed E-state index contributed by atoms with van der Waals surface area (Å²) in [5.74, 6) is -1.07. The summed E-state index contributed by atoms with van der Waals surface area (Å²) in [5, 5.41) is 8.67. The number of carboxylic acids is 1. The summed E-state index contributed by atoms with van der Waals surface area (Å²) in [6.07, 6.45) is 2.52. The Balaban J connectivity index is 0.000001000. The van der Waals surface area contributed by atoms with E-state index in [0.29, 0.717) is 0 Å². The fourth-order valence-electron chi connectivity index (χ4n) is 1.60. The Morgan fingerprint density at radius 2 is 2.27 bits per heavy atom. The van der Waals surface area contributed by atoms with Gasteiger partial charge in [0.1, 0.15) is 0 Å². The van der Waals surface area contributed by atoms with Crippen molar-refractivity contribution in [3.8, 4) is 0 Å². The maximum atomic E-state index is 10.5. The summed E-state index contributed by atoms with van der Waals surface area (Å²) in [4.78, 5) is 10.5. The molecule has 0 aromatic heterocycles. The van der Waals surface area contributed by atoms with Crippen LogP contribution in [0.3, 0.4) is 0 Å². The summed E-state index contributed by atoms with van der Waals surface area (Å²) in [5.41, 5.74) is 5.28. The minimum absolute atomic E-state index is 0. The van der Waals surface area contributed by atoms with Crippen LogP contribution < -0.4 is 5.73 Å². The van der Waals surface area contributed by atoms with Crippen LogP contribution in [0.1, 0.15) is 26.2 Å². The minimum atomic E-state index is -0.748. The molecule has 1 fully saturated rings. The summed E-state index contributed by atoms with van der Waals surface area (Å²) < 4.78 is 0. The van der Waals surface area contributed by atoms with Crippen LogP contribution in [0.15, 0.2) is 0 Å². The van der Waals surface area contributed by atoms with E-state index in [1.54, 1.807) is 0 Å². The molecule has 11 heavy (non-hydrogen) atoms. The van der Waals surface area contributed by atoms with Gasteiger partial charge in [0.2, 0.25) is 0 Å². The van der Waals surface area contributed by atoms with Gasteiger partial charge in [0.15, 0.2) is 0 Å². The molecule has 2 atom stereocenters. The maximum Gasteiger partial charge on any atom is 0.308 e. The fraction of sp³-hybridized carbons (Fsp3) is 0.857. The molecule has 1 aliphatic rings. The second-order valence-corrected chi connectivity index (χ2v) is 3.29. The van der Waals surface area contributed by atoms with Gasteiger partial charge >= 0.3 is 5.97 Å². The topological polar surface area (TPSA) is 63.3 Å². The van der Waals surface area contributed by atoms with Gasteiger partial charge in [-0.2, -0.15) is 0 Å². The highest BCUT2D eigenvalue weighted by molar-refractivity contribution is 5.85. The molecule has 0 heterocycles. The van der Waals surface area contributed by atoms with Crippen molar-refractivity contribution in [1.29, 1.82) is 0 Å². The molecule has 0 amide bonds. The third-order valence-corrected chi connectivity index (χ3v) is 2.30. The average molecular weight is 180 g/mol. The lowest BCUT2D eigenvalue weighted by Crippen LogP contribution is -2.43. The van der Waals surface area contributed by atoms with E-state index in [1.807, 2.05) is 6.92 Å². The molecule has 0 unspecified atom stereocenters. The van der Waals surface area contributed by atoms with Gasteiger partial charge in [-0.1, -0.05) is 6.42 Å². The SMILES string of the molecule is C[C@]1(N)CCC[C@H]1C(=O)O.Cl. The highest BCUT2D eigenvalue weighted by Gasteiger charge is 2.39. The number of rotatable bonds is 1. The normalized spacial score (nSPS) is 36.4. The zero-order valence-corrected chi connectivity index (χ0v) is 7.36. The van der Waals surface area contributed by atoms with Gasteiger partial charge < -0.3 is 10.8 Å². The molecular weight excluding hydrogens is 166 g/mol. The van der Waals surface area contributed by atoms with E-state index in [-0.39, 0.29) is 18.3 Å². The molecule has 0 saturated heterocycles. The summed E-state index contributed by atoms with van der Waals surface area (Å²) in [6, 6.07) is 0. The van der Waals surface area contributed by atoms with Gasteiger partial charge in [-0.25, -0.2) is 0 Å². The van der Waals surface area contributed by atoms with Crippen LogP contribution in [0.25, 0.3) is 0 Å². The molecule has 1 rings (SSSR count). The van der Waals surface area contributed by atoms with Crippen molar-refractivity contribution < 1.29 is 9.90 Å². The summed E-state index contributed by atoms with van der Waals surface area (Å²) in [6.45, 7) is 1.82. The van der Waals surface area contributed by atoms with Crippen LogP contribution >= 0.6 is 12.4 Å². The van der Waals surface area contributed by atoms with Gasteiger partial charge in [0.05, 0.1) is 5.92 Å². The first-order valence-corrected chi connectivity index (χ1v) is 3.56. The molecule has 0 radical (unpaired) electrons. The molecule has 0 aliphatic heterocycles. The predicted molar refractivity (Wildman–Crippen MR) is 44.8 cm³/mol. The minimum Gasteiger partial charge on any atom is -0.481 e. The molecule has 66 valence electrons. The smallest absolute Gasteiger partial charge is 0.308 e. The Bertz CT molecular complexity index is 159. The van der Waals surface area contributed by atoms with Crippen molar-refractivity contribution in [2.45, 2.75) is 31.7 Å². The van der Waals surface area contributed by atoms with Gasteiger partial charge in [0, 0.05) is 5.54 Å². The van der Waals surface area contributed by atoms with Crippen molar-refractivity contribution in [2.24, 2.45) is 11.7 Å². The van der Waals surface area contributed by atoms with Crippen LogP contribution in [0.2, 0.25) is 0 Å². The third-order valence-electron chi connectivity index (χ3n) is 2.30. The molecule has 3 nitrogen and oxygen atoms in total. The van der Waals surface area contributed by atoms with Crippen molar-refractivity contribution in [2.75, 3.05) is 0 Å². The van der Waals surface area contributed by atoms with E-state index in [4.69, 9.17) is 10.8 Å². The molecular formula is C7H14ClNO2. The standard InChI is InChI=1S/C7H13NO2.ClH/c1-7(8)4-2-3-5(7)6(9)10;/h5H,2-4,8H2,1H3,(H,9,10);1H/t5-,7-;/m0./s1. The largest absolute Gasteiger partial charge is 0.481 e. The lowest BCUT2D eigenvalue weighted by atomic mass is 9.90. The number of hydrogen-bond acceptors (Lipinski definition) is 2. The van der Waals surface area contributed by atoms with E-state index >= 15 is 0 Å². The number of hydrogen-bond donors (Lipinski definition) is 2. The average Bonchev–Trinajstić information content (AvgIpc) is 2.08. The number of halogens is 1. The highest BCUT2D eigenvalue weighted by Crippen LogP contribution is 2.33. The van der Waals surface area contributed by atoms with E-state index in [1.165, 1.54) is 0 Å². The molecule has 0 aromatic carbocycles. The molecule has 0 aromatic rings. The van der Waals surface area contributed by atoms with Crippen LogP contribution in [0.4, 0.5) is 0 Å². The van der Waals surface area contributed by atoms with Crippen molar-refractivity contribution in [3.05, 3.63) is 0 Å². The van der Waals surface area contributed by atoms with Crippen LogP contribution in [0.5, 0.6) is 0 Å². The van der Waals surface area contributed by atoms with Crippen LogP contribution in [-0.4, -0.2) is 16.6 Å². The Hall–Kier alpha value is -0.280. The molecule has 1 saturated carbocycles. The summed E-state index contributed by atoms with van der Waals surface area (Å²) >= 11 is 0. The number of nitrogens with two attached hydrogens (primary N) is 1. The second kappa shape index (κ2) is 3.41. The Morgan fingerprint density at radius 1 is 1.73 bits per heavy atom. The first kappa shape index (κ1) is 10.7. The molecule has 0 spiro atoms. The van der Waals surface area contributed by atoms with Crippen LogP contribution in [-0.2, 0) is 4.79 Å². The first-order chi connectivity index (χ1) is 4.54.